The van der Waals surface area contributed by atoms with Gasteiger partial charge < -0.3 is 10.3 Å². The van der Waals surface area contributed by atoms with Crippen molar-refractivity contribution in [2.24, 2.45) is 0 Å². The molecule has 106 valence electrons. The number of benzene rings is 2. The second-order valence-electron chi connectivity index (χ2n) is 5.14. The summed E-state index contributed by atoms with van der Waals surface area (Å²) in [5, 5.41) is 4.52. The molecule has 0 saturated carbocycles. The van der Waals surface area contributed by atoms with Gasteiger partial charge in [-0.2, -0.15) is 0 Å². The van der Waals surface area contributed by atoms with Crippen LogP contribution in [0.2, 0.25) is 5.02 Å². The molecule has 0 radical (unpaired) electrons. The van der Waals surface area contributed by atoms with Gasteiger partial charge in [-0.25, -0.2) is 0 Å². The fourth-order valence-corrected chi connectivity index (χ4v) is 2.63. The molecule has 3 rings (SSSR count). The van der Waals surface area contributed by atoms with Gasteiger partial charge in [-0.05, 0) is 49.2 Å². The third kappa shape index (κ3) is 2.65. The van der Waals surface area contributed by atoms with E-state index < -0.39 is 0 Å². The van der Waals surface area contributed by atoms with Gasteiger partial charge in [0, 0.05) is 21.6 Å². The van der Waals surface area contributed by atoms with E-state index in [1.165, 1.54) is 0 Å². The third-order valence-electron chi connectivity index (χ3n) is 3.52. The van der Waals surface area contributed by atoms with Crippen molar-refractivity contribution in [3.05, 3.63) is 64.3 Å². The largest absolute Gasteiger partial charge is 0.350 e. The van der Waals surface area contributed by atoms with Crippen LogP contribution in [0.3, 0.4) is 0 Å². The Labute approximate surface area is 127 Å². The van der Waals surface area contributed by atoms with Crippen LogP contribution in [0.4, 0.5) is 5.69 Å². The standard InChI is InChI=1S/C17H15ClN2O/c1-10-6-7-14-11(2)16(20-15(14)8-10)17(21)19-13-5-3-4-12(18)9-13/h3-9,20H,1-2H3,(H,19,21). The molecule has 2 aromatic carbocycles. The van der Waals surface area contributed by atoms with Gasteiger partial charge >= 0.3 is 0 Å². The Kier molecular flexibility index (Phi) is 3.43. The lowest BCUT2D eigenvalue weighted by Crippen LogP contribution is -2.13. The number of aromatic amines is 1. The number of anilines is 1. The minimum absolute atomic E-state index is 0.163. The molecule has 2 N–H and O–H groups in total. The summed E-state index contributed by atoms with van der Waals surface area (Å²) in [6.45, 7) is 3.97. The average Bonchev–Trinajstić information content (AvgIpc) is 2.75. The molecule has 1 amide bonds. The van der Waals surface area contributed by atoms with E-state index in [-0.39, 0.29) is 5.91 Å². The first kappa shape index (κ1) is 13.7. The second kappa shape index (κ2) is 5.26. The summed E-state index contributed by atoms with van der Waals surface area (Å²) in [5.74, 6) is -0.163. The number of amides is 1. The van der Waals surface area contributed by atoms with Crippen molar-refractivity contribution in [3.8, 4) is 0 Å². The maximum Gasteiger partial charge on any atom is 0.272 e. The number of halogens is 1. The zero-order valence-electron chi connectivity index (χ0n) is 11.8. The highest BCUT2D eigenvalue weighted by molar-refractivity contribution is 6.31. The number of nitrogens with one attached hydrogen (secondary N) is 2. The number of aromatic nitrogens is 1. The first-order chi connectivity index (χ1) is 10.0. The second-order valence-corrected chi connectivity index (χ2v) is 5.57. The molecule has 0 atom stereocenters. The molecule has 0 saturated heterocycles. The molecule has 21 heavy (non-hydrogen) atoms. The molecule has 0 aliphatic carbocycles. The molecule has 4 heteroatoms. The molecule has 1 aromatic heterocycles. The zero-order chi connectivity index (χ0) is 15.0. The predicted octanol–water partition coefficient (Wildman–Crippen LogP) is 4.69. The van der Waals surface area contributed by atoms with Crippen LogP contribution in [0, 0.1) is 13.8 Å². The SMILES string of the molecule is Cc1ccc2c(C)c(C(=O)Nc3cccc(Cl)c3)[nH]c2c1. The van der Waals surface area contributed by atoms with Crippen LogP contribution >= 0.6 is 11.6 Å². The van der Waals surface area contributed by atoms with E-state index >= 15 is 0 Å². The molecule has 1 heterocycles. The van der Waals surface area contributed by atoms with Crippen molar-refractivity contribution in [1.29, 1.82) is 0 Å². The highest BCUT2D eigenvalue weighted by Gasteiger charge is 2.15. The molecule has 0 bridgehead atoms. The van der Waals surface area contributed by atoms with E-state index in [1.807, 2.05) is 38.1 Å². The number of fused-ring (bicyclic) bond motifs is 1. The molecule has 3 aromatic rings. The van der Waals surface area contributed by atoms with E-state index in [2.05, 4.69) is 10.3 Å². The van der Waals surface area contributed by atoms with Crippen molar-refractivity contribution in [2.45, 2.75) is 13.8 Å². The van der Waals surface area contributed by atoms with Gasteiger partial charge in [0.2, 0.25) is 0 Å². The Morgan fingerprint density at radius 1 is 1.14 bits per heavy atom. The van der Waals surface area contributed by atoms with Gasteiger partial charge in [0.05, 0.1) is 0 Å². The number of H-pyrrole nitrogens is 1. The number of carbonyl (C=O) groups excluding carboxylic acids is 1. The van der Waals surface area contributed by atoms with Gasteiger partial charge in [0.25, 0.3) is 5.91 Å². The van der Waals surface area contributed by atoms with E-state index in [9.17, 15) is 4.79 Å². The van der Waals surface area contributed by atoms with Crippen molar-refractivity contribution < 1.29 is 4.79 Å². The van der Waals surface area contributed by atoms with Crippen LogP contribution in [0.5, 0.6) is 0 Å². The maximum absolute atomic E-state index is 12.4. The molecule has 0 aliphatic rings. The van der Waals surface area contributed by atoms with E-state index in [4.69, 9.17) is 11.6 Å². The van der Waals surface area contributed by atoms with Crippen molar-refractivity contribution in [1.82, 2.24) is 4.98 Å². The summed E-state index contributed by atoms with van der Waals surface area (Å²) in [4.78, 5) is 15.6. The summed E-state index contributed by atoms with van der Waals surface area (Å²) in [6.07, 6.45) is 0. The summed E-state index contributed by atoms with van der Waals surface area (Å²) in [6, 6.07) is 13.2. The van der Waals surface area contributed by atoms with Crippen LogP contribution in [0.15, 0.2) is 42.5 Å². The fourth-order valence-electron chi connectivity index (χ4n) is 2.44. The predicted molar refractivity (Wildman–Crippen MR) is 87.2 cm³/mol. The van der Waals surface area contributed by atoms with Crippen molar-refractivity contribution >= 4 is 34.1 Å². The Balaban J connectivity index is 1.96. The number of aryl methyl sites for hydroxylation is 2. The van der Waals surface area contributed by atoms with Crippen molar-refractivity contribution in [2.75, 3.05) is 5.32 Å². The molecule has 0 aliphatic heterocycles. The van der Waals surface area contributed by atoms with Crippen LogP contribution in [-0.4, -0.2) is 10.9 Å². The maximum atomic E-state index is 12.4. The summed E-state index contributed by atoms with van der Waals surface area (Å²) in [7, 11) is 0. The Bertz CT molecular complexity index is 836. The smallest absolute Gasteiger partial charge is 0.272 e. The topological polar surface area (TPSA) is 44.9 Å². The Hall–Kier alpha value is -2.26. The van der Waals surface area contributed by atoms with Gasteiger partial charge in [0.15, 0.2) is 0 Å². The lowest BCUT2D eigenvalue weighted by atomic mass is 10.1. The minimum atomic E-state index is -0.163. The van der Waals surface area contributed by atoms with Crippen LogP contribution in [0.25, 0.3) is 10.9 Å². The molecule has 0 spiro atoms. The monoisotopic (exact) mass is 298 g/mol. The normalized spacial score (nSPS) is 10.8. The number of carbonyl (C=O) groups is 1. The van der Waals surface area contributed by atoms with Crippen LogP contribution in [-0.2, 0) is 0 Å². The first-order valence-corrected chi connectivity index (χ1v) is 7.08. The summed E-state index contributed by atoms with van der Waals surface area (Å²) < 4.78 is 0. The highest BCUT2D eigenvalue weighted by atomic mass is 35.5. The number of hydrogen-bond acceptors (Lipinski definition) is 1. The molecule has 0 fully saturated rings. The lowest BCUT2D eigenvalue weighted by Gasteiger charge is -2.05. The fraction of sp³-hybridized carbons (Fsp3) is 0.118. The van der Waals surface area contributed by atoms with E-state index in [1.54, 1.807) is 18.2 Å². The quantitative estimate of drug-likeness (QED) is 0.708. The van der Waals surface area contributed by atoms with Crippen molar-refractivity contribution in [3.63, 3.8) is 0 Å². The number of rotatable bonds is 2. The lowest BCUT2D eigenvalue weighted by molar-refractivity contribution is 0.102. The van der Waals surface area contributed by atoms with Gasteiger partial charge in [-0.1, -0.05) is 29.8 Å². The van der Waals surface area contributed by atoms with E-state index in [0.717, 1.165) is 22.0 Å². The molecule has 3 nitrogen and oxygen atoms in total. The summed E-state index contributed by atoms with van der Waals surface area (Å²) >= 11 is 5.93. The van der Waals surface area contributed by atoms with Gasteiger partial charge in [0.1, 0.15) is 5.69 Å². The average molecular weight is 299 g/mol. The Morgan fingerprint density at radius 2 is 1.95 bits per heavy atom. The highest BCUT2D eigenvalue weighted by Crippen LogP contribution is 2.24. The van der Waals surface area contributed by atoms with E-state index in [0.29, 0.717) is 16.4 Å². The molecular weight excluding hydrogens is 284 g/mol. The van der Waals surface area contributed by atoms with Gasteiger partial charge in [-0.3, -0.25) is 4.79 Å². The van der Waals surface area contributed by atoms with Crippen LogP contribution < -0.4 is 5.32 Å². The zero-order valence-corrected chi connectivity index (χ0v) is 12.6. The Morgan fingerprint density at radius 3 is 2.71 bits per heavy atom. The minimum Gasteiger partial charge on any atom is -0.350 e. The third-order valence-corrected chi connectivity index (χ3v) is 3.76. The first-order valence-electron chi connectivity index (χ1n) is 6.70. The number of hydrogen-bond donors (Lipinski definition) is 2. The van der Waals surface area contributed by atoms with Crippen LogP contribution in [0.1, 0.15) is 21.6 Å². The molecular formula is C17H15ClN2O. The summed E-state index contributed by atoms with van der Waals surface area (Å²) in [5.41, 5.74) is 4.34. The molecule has 0 unspecified atom stereocenters. The van der Waals surface area contributed by atoms with Gasteiger partial charge in [-0.15, -0.1) is 0 Å².